The second-order valence-corrected chi connectivity index (χ2v) is 5.15. The minimum Gasteiger partial charge on any atom is -0.351 e. The van der Waals surface area contributed by atoms with Crippen LogP contribution in [0, 0.1) is 0 Å². The molecule has 2 atom stereocenters. The van der Waals surface area contributed by atoms with E-state index in [0.717, 1.165) is 25.9 Å². The molecular weight excluding hydrogens is 226 g/mol. The first-order chi connectivity index (χ1) is 8.77. The summed E-state index contributed by atoms with van der Waals surface area (Å²) in [5, 5.41) is 3.53. The predicted octanol–water partition coefficient (Wildman–Crippen LogP) is 1.76. The van der Waals surface area contributed by atoms with E-state index in [4.69, 9.17) is 5.73 Å². The van der Waals surface area contributed by atoms with Gasteiger partial charge in [-0.25, -0.2) is 4.79 Å². The first kappa shape index (κ1) is 11.5. The summed E-state index contributed by atoms with van der Waals surface area (Å²) in [5.41, 5.74) is 8.18. The third kappa shape index (κ3) is 1.86. The number of piperidine rings is 1. The average Bonchev–Trinajstić information content (AvgIpc) is 2.82. The van der Waals surface area contributed by atoms with Crippen molar-refractivity contribution in [3.63, 3.8) is 0 Å². The molecule has 2 amide bonds. The molecule has 0 bridgehead atoms. The summed E-state index contributed by atoms with van der Waals surface area (Å²) in [6, 6.07) is 8.61. The lowest BCUT2D eigenvalue weighted by molar-refractivity contribution is 0.138. The number of likely N-dealkylation sites (tertiary alicyclic amines) is 1. The van der Waals surface area contributed by atoms with Gasteiger partial charge >= 0.3 is 6.03 Å². The maximum absolute atomic E-state index is 11.6. The summed E-state index contributed by atoms with van der Waals surface area (Å²) < 4.78 is 0. The number of nitrogens with two attached hydrogens (primary N) is 1. The molecule has 96 valence electrons. The van der Waals surface area contributed by atoms with Crippen LogP contribution in [0.5, 0.6) is 0 Å². The van der Waals surface area contributed by atoms with Crippen LogP contribution in [-0.2, 0) is 6.54 Å². The fourth-order valence-corrected chi connectivity index (χ4v) is 3.25. The van der Waals surface area contributed by atoms with E-state index in [2.05, 4.69) is 29.6 Å². The van der Waals surface area contributed by atoms with Crippen LogP contribution >= 0.6 is 0 Å². The number of nitrogens with one attached hydrogen (secondary N) is 1. The minimum absolute atomic E-state index is 0.208. The van der Waals surface area contributed by atoms with Gasteiger partial charge in [-0.05, 0) is 30.4 Å². The van der Waals surface area contributed by atoms with Crippen LogP contribution in [0.1, 0.15) is 36.4 Å². The minimum atomic E-state index is -0.286. The summed E-state index contributed by atoms with van der Waals surface area (Å²) in [6.07, 6.45) is 3.28. The molecule has 4 heteroatoms. The zero-order valence-corrected chi connectivity index (χ0v) is 10.4. The van der Waals surface area contributed by atoms with Crippen LogP contribution in [0.4, 0.5) is 4.79 Å². The maximum atomic E-state index is 11.6. The highest BCUT2D eigenvalue weighted by atomic mass is 16.2. The molecule has 1 aromatic rings. The Hall–Kier alpha value is -1.55. The number of carbonyl (C=O) groups excluding carboxylic acids is 1. The molecule has 2 heterocycles. The number of nitrogens with zero attached hydrogens (tertiary/aromatic N) is 1. The van der Waals surface area contributed by atoms with Gasteiger partial charge in [-0.3, -0.25) is 0 Å². The van der Waals surface area contributed by atoms with Gasteiger partial charge in [0.05, 0.1) is 12.1 Å². The third-order valence-electron chi connectivity index (χ3n) is 4.12. The van der Waals surface area contributed by atoms with Crippen molar-refractivity contribution in [1.29, 1.82) is 0 Å². The molecule has 0 aromatic heterocycles. The van der Waals surface area contributed by atoms with Crippen molar-refractivity contribution >= 4 is 6.03 Å². The van der Waals surface area contributed by atoms with E-state index in [1.54, 1.807) is 0 Å². The largest absolute Gasteiger partial charge is 0.351 e. The SMILES string of the molecule is NC(=O)N1CCCCC1C1NCc2ccccc21. The van der Waals surface area contributed by atoms with Crippen LogP contribution in [0.2, 0.25) is 0 Å². The molecule has 1 aromatic carbocycles. The topological polar surface area (TPSA) is 58.4 Å². The molecule has 1 saturated heterocycles. The molecule has 2 aliphatic rings. The highest BCUT2D eigenvalue weighted by Crippen LogP contribution is 2.34. The zero-order valence-electron chi connectivity index (χ0n) is 10.4. The normalized spacial score (nSPS) is 27.0. The number of carbonyl (C=O) groups is 1. The molecular formula is C14H19N3O. The zero-order chi connectivity index (χ0) is 12.5. The molecule has 1 fully saturated rings. The van der Waals surface area contributed by atoms with Crippen LogP contribution in [0.15, 0.2) is 24.3 Å². The van der Waals surface area contributed by atoms with Crippen LogP contribution in [-0.4, -0.2) is 23.5 Å². The van der Waals surface area contributed by atoms with Crippen molar-refractivity contribution in [3.05, 3.63) is 35.4 Å². The molecule has 0 saturated carbocycles. The van der Waals surface area contributed by atoms with E-state index >= 15 is 0 Å². The molecule has 3 N–H and O–H groups in total. The van der Waals surface area contributed by atoms with E-state index in [0.29, 0.717) is 0 Å². The maximum Gasteiger partial charge on any atom is 0.315 e. The Morgan fingerprint density at radius 3 is 3.00 bits per heavy atom. The van der Waals surface area contributed by atoms with E-state index in [9.17, 15) is 4.79 Å². The fraction of sp³-hybridized carbons (Fsp3) is 0.500. The highest BCUT2D eigenvalue weighted by Gasteiger charge is 2.35. The molecule has 0 radical (unpaired) electrons. The van der Waals surface area contributed by atoms with E-state index in [1.807, 2.05) is 4.90 Å². The Labute approximate surface area is 107 Å². The Balaban J connectivity index is 1.88. The number of hydrogen-bond donors (Lipinski definition) is 2. The second-order valence-electron chi connectivity index (χ2n) is 5.15. The van der Waals surface area contributed by atoms with Crippen molar-refractivity contribution in [2.45, 2.75) is 37.9 Å². The standard InChI is InChI=1S/C14H19N3O/c15-14(18)17-8-4-3-7-12(17)13-11-6-2-1-5-10(11)9-16-13/h1-2,5-6,12-13,16H,3-4,7-9H2,(H2,15,18). The number of rotatable bonds is 1. The van der Waals surface area contributed by atoms with Crippen LogP contribution in [0.25, 0.3) is 0 Å². The lowest BCUT2D eigenvalue weighted by Crippen LogP contribution is -2.50. The number of urea groups is 1. The second kappa shape index (κ2) is 4.61. The molecule has 0 aliphatic carbocycles. The Morgan fingerprint density at radius 1 is 1.33 bits per heavy atom. The van der Waals surface area contributed by atoms with Crippen molar-refractivity contribution < 1.29 is 4.79 Å². The fourth-order valence-electron chi connectivity index (χ4n) is 3.25. The van der Waals surface area contributed by atoms with Crippen molar-refractivity contribution in [2.24, 2.45) is 5.73 Å². The average molecular weight is 245 g/mol. The summed E-state index contributed by atoms with van der Waals surface area (Å²) in [7, 11) is 0. The number of hydrogen-bond acceptors (Lipinski definition) is 2. The highest BCUT2D eigenvalue weighted by molar-refractivity contribution is 5.72. The van der Waals surface area contributed by atoms with Gasteiger partial charge in [-0.15, -0.1) is 0 Å². The first-order valence-electron chi connectivity index (χ1n) is 6.64. The van der Waals surface area contributed by atoms with Gasteiger partial charge in [0, 0.05) is 13.1 Å². The van der Waals surface area contributed by atoms with Crippen molar-refractivity contribution in [3.8, 4) is 0 Å². The molecule has 2 unspecified atom stereocenters. The van der Waals surface area contributed by atoms with Gasteiger partial charge in [0.1, 0.15) is 0 Å². The number of benzene rings is 1. The first-order valence-corrected chi connectivity index (χ1v) is 6.64. The molecule has 3 rings (SSSR count). The van der Waals surface area contributed by atoms with Crippen molar-refractivity contribution in [2.75, 3.05) is 6.54 Å². The van der Waals surface area contributed by atoms with Gasteiger partial charge < -0.3 is 16.0 Å². The Morgan fingerprint density at radius 2 is 2.17 bits per heavy atom. The quantitative estimate of drug-likeness (QED) is 0.792. The lowest BCUT2D eigenvalue weighted by atomic mass is 9.91. The summed E-state index contributed by atoms with van der Waals surface area (Å²) >= 11 is 0. The lowest BCUT2D eigenvalue weighted by Gasteiger charge is -2.38. The summed E-state index contributed by atoms with van der Waals surface area (Å²) in [6.45, 7) is 1.68. The van der Waals surface area contributed by atoms with E-state index < -0.39 is 0 Å². The Bertz CT molecular complexity index is 460. The van der Waals surface area contributed by atoms with Gasteiger partial charge in [0.2, 0.25) is 0 Å². The Kier molecular flexibility index (Phi) is 2.96. The summed E-state index contributed by atoms with van der Waals surface area (Å²) in [4.78, 5) is 13.4. The third-order valence-corrected chi connectivity index (χ3v) is 4.12. The predicted molar refractivity (Wildman–Crippen MR) is 70.0 cm³/mol. The van der Waals surface area contributed by atoms with Crippen LogP contribution < -0.4 is 11.1 Å². The van der Waals surface area contributed by atoms with Gasteiger partial charge in [-0.2, -0.15) is 0 Å². The number of amides is 2. The molecule has 0 spiro atoms. The van der Waals surface area contributed by atoms with Gasteiger partial charge in [0.15, 0.2) is 0 Å². The molecule has 2 aliphatic heterocycles. The van der Waals surface area contributed by atoms with E-state index in [-0.39, 0.29) is 18.1 Å². The van der Waals surface area contributed by atoms with Gasteiger partial charge in [0.25, 0.3) is 0 Å². The number of primary amides is 1. The van der Waals surface area contributed by atoms with Crippen LogP contribution in [0.3, 0.4) is 0 Å². The van der Waals surface area contributed by atoms with Crippen molar-refractivity contribution in [1.82, 2.24) is 10.2 Å². The van der Waals surface area contributed by atoms with E-state index in [1.165, 1.54) is 17.5 Å². The number of fused-ring (bicyclic) bond motifs is 1. The monoisotopic (exact) mass is 245 g/mol. The molecule has 18 heavy (non-hydrogen) atoms. The summed E-state index contributed by atoms with van der Waals surface area (Å²) in [5.74, 6) is 0. The van der Waals surface area contributed by atoms with Gasteiger partial charge in [-0.1, -0.05) is 24.3 Å². The molecule has 4 nitrogen and oxygen atoms in total. The smallest absolute Gasteiger partial charge is 0.315 e.